The van der Waals surface area contributed by atoms with Crippen LogP contribution in [0.1, 0.15) is 51.4 Å². The Morgan fingerprint density at radius 2 is 1.96 bits per heavy atom. The number of rotatable bonds is 8. The monoisotopic (exact) mass is 375 g/mol. The van der Waals surface area contributed by atoms with E-state index < -0.39 is 0 Å². The van der Waals surface area contributed by atoms with E-state index >= 15 is 0 Å². The van der Waals surface area contributed by atoms with Crippen molar-refractivity contribution >= 4 is 24.2 Å². The van der Waals surface area contributed by atoms with Crippen LogP contribution in [-0.2, 0) is 9.59 Å². The van der Waals surface area contributed by atoms with Crippen molar-refractivity contribution in [2.24, 2.45) is 5.92 Å². The molecule has 1 aromatic rings. The van der Waals surface area contributed by atoms with E-state index in [0.717, 1.165) is 58.1 Å². The van der Waals surface area contributed by atoms with Gasteiger partial charge in [0, 0.05) is 31.4 Å². The van der Waals surface area contributed by atoms with E-state index in [0.29, 0.717) is 29.7 Å². The Morgan fingerprint density at radius 3 is 2.67 bits per heavy atom. The predicted octanol–water partition coefficient (Wildman–Crippen LogP) is 3.79. The number of carbonyl (C=O) groups excluding carboxylic acids is 2. The maximum atomic E-state index is 14.4. The number of nitrogens with zero attached hydrogens (tertiary/aromatic N) is 2. The van der Waals surface area contributed by atoms with Gasteiger partial charge in [0.2, 0.25) is 12.8 Å². The summed E-state index contributed by atoms with van der Waals surface area (Å²) in [5.41, 5.74) is 1.06. The van der Waals surface area contributed by atoms with Crippen LogP contribution in [0.3, 0.4) is 0 Å². The van der Waals surface area contributed by atoms with Crippen molar-refractivity contribution in [1.29, 1.82) is 0 Å². The van der Waals surface area contributed by atoms with E-state index in [4.69, 9.17) is 0 Å². The lowest BCUT2D eigenvalue weighted by Gasteiger charge is -2.37. The molecule has 2 fully saturated rings. The van der Waals surface area contributed by atoms with E-state index in [9.17, 15) is 14.0 Å². The second-order valence-electron chi connectivity index (χ2n) is 7.81. The van der Waals surface area contributed by atoms with Gasteiger partial charge in [-0.2, -0.15) is 0 Å². The van der Waals surface area contributed by atoms with Gasteiger partial charge in [0.15, 0.2) is 0 Å². The number of nitrogens with one attached hydrogen (secondary N) is 1. The average Bonchev–Trinajstić information content (AvgIpc) is 2.70. The summed E-state index contributed by atoms with van der Waals surface area (Å²) >= 11 is 0. The van der Waals surface area contributed by atoms with Crippen LogP contribution in [0.15, 0.2) is 18.2 Å². The smallest absolute Gasteiger partial charge is 0.211 e. The summed E-state index contributed by atoms with van der Waals surface area (Å²) in [4.78, 5) is 26.1. The molecule has 1 aromatic carbocycles. The second kappa shape index (κ2) is 9.72. The van der Waals surface area contributed by atoms with Gasteiger partial charge in [0.1, 0.15) is 5.82 Å². The lowest BCUT2D eigenvalue weighted by Crippen LogP contribution is -2.40. The van der Waals surface area contributed by atoms with E-state index in [-0.39, 0.29) is 5.82 Å². The molecule has 0 radical (unpaired) electrons. The molecular formula is C21H30FN3O2. The molecule has 5 nitrogen and oxygen atoms in total. The first-order valence-electron chi connectivity index (χ1n) is 10.2. The molecule has 1 aliphatic carbocycles. The van der Waals surface area contributed by atoms with Gasteiger partial charge in [-0.3, -0.25) is 9.59 Å². The number of hydrogen-bond acceptors (Lipinski definition) is 3. The quantitative estimate of drug-likeness (QED) is 0.704. The fourth-order valence-electron chi connectivity index (χ4n) is 4.51. The molecule has 0 bridgehead atoms. The van der Waals surface area contributed by atoms with Gasteiger partial charge < -0.3 is 15.1 Å². The molecule has 1 saturated heterocycles. The van der Waals surface area contributed by atoms with Crippen LogP contribution in [0.2, 0.25) is 0 Å². The van der Waals surface area contributed by atoms with Crippen LogP contribution in [0, 0.1) is 11.7 Å². The van der Waals surface area contributed by atoms with Gasteiger partial charge in [0.25, 0.3) is 0 Å². The Kier molecular flexibility index (Phi) is 7.07. The maximum absolute atomic E-state index is 14.4. The largest absolute Gasteiger partial charge is 0.369 e. The highest BCUT2D eigenvalue weighted by molar-refractivity contribution is 5.72. The topological polar surface area (TPSA) is 52.7 Å². The Morgan fingerprint density at radius 1 is 1.15 bits per heavy atom. The van der Waals surface area contributed by atoms with Gasteiger partial charge in [0.05, 0.1) is 5.69 Å². The maximum Gasteiger partial charge on any atom is 0.211 e. The number of amides is 2. The van der Waals surface area contributed by atoms with E-state index in [2.05, 4.69) is 10.2 Å². The van der Waals surface area contributed by atoms with E-state index in [1.54, 1.807) is 12.1 Å². The van der Waals surface area contributed by atoms with Crippen molar-refractivity contribution in [3.8, 4) is 0 Å². The summed E-state index contributed by atoms with van der Waals surface area (Å²) < 4.78 is 14.4. The molecule has 1 atom stereocenters. The average molecular weight is 375 g/mol. The molecule has 0 aromatic heterocycles. The Balaban J connectivity index is 1.55. The molecule has 6 heteroatoms. The van der Waals surface area contributed by atoms with E-state index in [1.807, 2.05) is 4.90 Å². The molecule has 1 saturated carbocycles. The summed E-state index contributed by atoms with van der Waals surface area (Å²) in [6.07, 6.45) is 10.7. The molecule has 1 aliphatic heterocycles. The molecule has 27 heavy (non-hydrogen) atoms. The number of carbonyl (C=O) groups is 2. The summed E-state index contributed by atoms with van der Waals surface area (Å²) in [6.45, 7) is 2.46. The van der Waals surface area contributed by atoms with Gasteiger partial charge >= 0.3 is 0 Å². The molecule has 1 N–H and O–H groups in total. The molecule has 2 aliphatic rings. The zero-order valence-electron chi connectivity index (χ0n) is 15.9. The lowest BCUT2D eigenvalue weighted by molar-refractivity contribution is -0.121. The molecule has 2 amide bonds. The highest BCUT2D eigenvalue weighted by Crippen LogP contribution is 2.29. The van der Waals surface area contributed by atoms with Crippen LogP contribution in [-0.4, -0.2) is 43.4 Å². The van der Waals surface area contributed by atoms with Crippen molar-refractivity contribution in [2.75, 3.05) is 29.9 Å². The first-order chi connectivity index (χ1) is 13.2. The summed E-state index contributed by atoms with van der Waals surface area (Å²) in [5.74, 6) is 0.163. The van der Waals surface area contributed by atoms with Crippen molar-refractivity contribution < 1.29 is 14.0 Å². The number of hydrogen-bond donors (Lipinski definition) is 1. The van der Waals surface area contributed by atoms with Crippen LogP contribution in [0.4, 0.5) is 15.8 Å². The lowest BCUT2D eigenvalue weighted by atomic mass is 9.92. The number of piperidine rings is 1. The molecule has 148 valence electrons. The minimum atomic E-state index is -0.306. The molecule has 1 unspecified atom stereocenters. The zero-order valence-corrected chi connectivity index (χ0v) is 15.9. The third-order valence-electron chi connectivity index (χ3n) is 6.01. The van der Waals surface area contributed by atoms with Crippen LogP contribution in [0.25, 0.3) is 0 Å². The third kappa shape index (κ3) is 5.21. The summed E-state index contributed by atoms with van der Waals surface area (Å²) in [7, 11) is 0. The summed E-state index contributed by atoms with van der Waals surface area (Å²) in [6, 6.07) is 5.24. The third-order valence-corrected chi connectivity index (χ3v) is 6.01. The fourth-order valence-corrected chi connectivity index (χ4v) is 4.51. The van der Waals surface area contributed by atoms with Gasteiger partial charge in [-0.25, -0.2) is 4.39 Å². The van der Waals surface area contributed by atoms with Gasteiger partial charge in [-0.1, -0.05) is 19.3 Å². The molecular weight excluding hydrogens is 345 g/mol. The molecule has 0 spiro atoms. The molecule has 1 heterocycles. The number of benzene rings is 1. The van der Waals surface area contributed by atoms with Crippen LogP contribution in [0.5, 0.6) is 0 Å². The number of halogens is 1. The first-order valence-corrected chi connectivity index (χ1v) is 10.2. The SMILES string of the molecule is O=CNc1ccc(N2CCCC(CCN(C=O)C3CCCCC3)C2)c(F)c1. The Labute approximate surface area is 160 Å². The van der Waals surface area contributed by atoms with Gasteiger partial charge in [-0.05, 0) is 56.2 Å². The summed E-state index contributed by atoms with van der Waals surface area (Å²) in [5, 5.41) is 2.48. The highest BCUT2D eigenvalue weighted by atomic mass is 19.1. The minimum absolute atomic E-state index is 0.306. The Hall–Kier alpha value is -2.11. The first kappa shape index (κ1) is 19.6. The standard InChI is InChI=1S/C21H30FN3O2/c22-20-13-18(23-15-26)8-9-21(20)24-11-4-5-17(14-24)10-12-25(16-27)19-6-2-1-3-7-19/h8-9,13,15-17,19H,1-7,10-12,14H2,(H,23,26). The van der Waals surface area contributed by atoms with Crippen molar-refractivity contribution in [3.05, 3.63) is 24.0 Å². The van der Waals surface area contributed by atoms with Crippen LogP contribution < -0.4 is 10.2 Å². The van der Waals surface area contributed by atoms with Crippen molar-refractivity contribution in [3.63, 3.8) is 0 Å². The number of anilines is 2. The Bertz CT molecular complexity index is 634. The minimum Gasteiger partial charge on any atom is -0.369 e. The fraction of sp³-hybridized carbons (Fsp3) is 0.619. The van der Waals surface area contributed by atoms with E-state index in [1.165, 1.54) is 25.3 Å². The molecule has 3 rings (SSSR count). The predicted molar refractivity (Wildman–Crippen MR) is 105 cm³/mol. The normalized spacial score (nSPS) is 20.9. The van der Waals surface area contributed by atoms with Gasteiger partial charge in [-0.15, -0.1) is 0 Å². The second-order valence-corrected chi connectivity index (χ2v) is 7.81. The highest BCUT2D eigenvalue weighted by Gasteiger charge is 2.25. The van der Waals surface area contributed by atoms with Crippen molar-refractivity contribution in [2.45, 2.75) is 57.4 Å². The zero-order chi connectivity index (χ0) is 19.1. The van der Waals surface area contributed by atoms with Crippen LogP contribution >= 0.6 is 0 Å². The van der Waals surface area contributed by atoms with Crippen molar-refractivity contribution in [1.82, 2.24) is 4.90 Å².